The van der Waals surface area contributed by atoms with Gasteiger partial charge in [-0.05, 0) is 15.9 Å². The number of anilines is 2. The average molecular weight is 204 g/mol. The lowest BCUT2D eigenvalue weighted by Gasteiger charge is -2.00. The average Bonchev–Trinajstić information content (AvgIpc) is 1.94. The van der Waals surface area contributed by atoms with Crippen LogP contribution in [-0.4, -0.2) is 9.97 Å². The summed E-state index contributed by atoms with van der Waals surface area (Å²) < 4.78 is 0.592. The Balaban J connectivity index is 3.09. The zero-order chi connectivity index (χ0) is 7.56. The summed E-state index contributed by atoms with van der Waals surface area (Å²) in [6.45, 7) is 0. The Hall–Kier alpha value is -0.880. The van der Waals surface area contributed by atoms with E-state index in [1.54, 1.807) is 0 Å². The van der Waals surface area contributed by atoms with E-state index in [1.807, 2.05) is 0 Å². The fourth-order valence-electron chi connectivity index (χ4n) is 0.483. The van der Waals surface area contributed by atoms with E-state index in [1.165, 1.54) is 6.20 Å². The molecule has 0 bridgehead atoms. The minimum absolute atomic E-state index is 0.283. The van der Waals surface area contributed by atoms with Crippen LogP contribution < -0.4 is 17.0 Å². The molecule has 10 heavy (non-hydrogen) atoms. The third-order valence-electron chi connectivity index (χ3n) is 0.908. The monoisotopic (exact) mass is 203 g/mol. The van der Waals surface area contributed by atoms with E-state index in [0.29, 0.717) is 10.4 Å². The van der Waals surface area contributed by atoms with Crippen LogP contribution in [0.5, 0.6) is 0 Å². The second kappa shape index (κ2) is 2.80. The molecule has 1 aromatic rings. The maximum Gasteiger partial charge on any atom is 0.184 e. The second-order valence-electron chi connectivity index (χ2n) is 1.57. The summed E-state index contributed by atoms with van der Waals surface area (Å²) in [6.07, 6.45) is 1.50. The summed E-state index contributed by atoms with van der Waals surface area (Å²) >= 11 is 3.11. The quantitative estimate of drug-likeness (QED) is 0.446. The van der Waals surface area contributed by atoms with Gasteiger partial charge in [-0.15, -0.1) is 0 Å². The van der Waals surface area contributed by atoms with Gasteiger partial charge in [0.05, 0.1) is 6.20 Å². The van der Waals surface area contributed by atoms with Crippen molar-refractivity contribution in [1.29, 1.82) is 0 Å². The highest BCUT2D eigenvalue weighted by molar-refractivity contribution is 9.10. The summed E-state index contributed by atoms with van der Waals surface area (Å²) in [5, 5.41) is 0. The Labute approximate surface area is 65.9 Å². The van der Waals surface area contributed by atoms with Crippen LogP contribution in [0.1, 0.15) is 0 Å². The minimum Gasteiger partial charge on any atom is -0.381 e. The van der Waals surface area contributed by atoms with E-state index in [0.717, 1.165) is 0 Å². The molecule has 1 aromatic heterocycles. The van der Waals surface area contributed by atoms with Crippen molar-refractivity contribution in [1.82, 2.24) is 9.97 Å². The van der Waals surface area contributed by atoms with E-state index in [-0.39, 0.29) is 5.82 Å². The molecule has 0 amide bonds. The van der Waals surface area contributed by atoms with Gasteiger partial charge in [-0.2, -0.15) is 0 Å². The molecule has 6 heteroatoms. The van der Waals surface area contributed by atoms with Gasteiger partial charge in [0.1, 0.15) is 4.60 Å². The molecule has 0 fully saturated rings. The first-order valence-corrected chi connectivity index (χ1v) is 3.28. The van der Waals surface area contributed by atoms with E-state index in [9.17, 15) is 0 Å². The van der Waals surface area contributed by atoms with Gasteiger partial charge in [-0.25, -0.2) is 15.8 Å². The summed E-state index contributed by atoms with van der Waals surface area (Å²) in [4.78, 5) is 7.66. The number of nitrogens with two attached hydrogens (primary N) is 2. The minimum atomic E-state index is 0.283. The standard InChI is InChI=1S/C4H6BrN5/c5-2-1-8-3(6)4(9-2)10-7/h1H,7H2,(H2,6,8)(H,9,10). The van der Waals surface area contributed by atoms with Gasteiger partial charge in [-0.3, -0.25) is 0 Å². The summed E-state index contributed by atoms with van der Waals surface area (Å²) in [5.41, 5.74) is 7.67. The Morgan fingerprint density at radius 2 is 2.30 bits per heavy atom. The van der Waals surface area contributed by atoms with Gasteiger partial charge in [0.2, 0.25) is 0 Å². The highest BCUT2D eigenvalue weighted by Crippen LogP contribution is 2.13. The number of hydrogen-bond donors (Lipinski definition) is 3. The topological polar surface area (TPSA) is 89.8 Å². The van der Waals surface area contributed by atoms with Crippen LogP contribution in [0.15, 0.2) is 10.8 Å². The first kappa shape index (κ1) is 7.23. The van der Waals surface area contributed by atoms with Crippen molar-refractivity contribution in [3.05, 3.63) is 10.8 Å². The maximum atomic E-state index is 5.36. The number of nitrogens with one attached hydrogen (secondary N) is 1. The molecule has 5 nitrogen and oxygen atoms in total. The van der Waals surface area contributed by atoms with Gasteiger partial charge in [0.25, 0.3) is 0 Å². The molecule has 0 atom stereocenters. The predicted molar refractivity (Wildman–Crippen MR) is 42.0 cm³/mol. The van der Waals surface area contributed by atoms with E-state index in [4.69, 9.17) is 11.6 Å². The van der Waals surface area contributed by atoms with Crippen molar-refractivity contribution in [3.8, 4) is 0 Å². The zero-order valence-corrected chi connectivity index (χ0v) is 6.59. The lowest BCUT2D eigenvalue weighted by molar-refractivity contribution is 1.14. The van der Waals surface area contributed by atoms with Crippen LogP contribution in [0.2, 0.25) is 0 Å². The molecule has 0 unspecified atom stereocenters. The fraction of sp³-hybridized carbons (Fsp3) is 0. The van der Waals surface area contributed by atoms with Crippen molar-refractivity contribution >= 4 is 27.6 Å². The van der Waals surface area contributed by atoms with E-state index >= 15 is 0 Å². The maximum absolute atomic E-state index is 5.36. The molecule has 5 N–H and O–H groups in total. The van der Waals surface area contributed by atoms with Crippen molar-refractivity contribution in [2.24, 2.45) is 5.84 Å². The molecular weight excluding hydrogens is 198 g/mol. The fourth-order valence-corrected chi connectivity index (χ4v) is 0.763. The van der Waals surface area contributed by atoms with Gasteiger partial charge in [0, 0.05) is 0 Å². The molecular formula is C4H6BrN5. The van der Waals surface area contributed by atoms with Crippen LogP contribution >= 0.6 is 15.9 Å². The molecule has 0 aliphatic carbocycles. The number of halogens is 1. The van der Waals surface area contributed by atoms with Crippen molar-refractivity contribution in [2.75, 3.05) is 11.2 Å². The third kappa shape index (κ3) is 1.34. The molecule has 0 saturated carbocycles. The third-order valence-corrected chi connectivity index (χ3v) is 1.29. The normalized spacial score (nSPS) is 9.40. The SMILES string of the molecule is NNc1nc(Br)cnc1N. The van der Waals surface area contributed by atoms with Gasteiger partial charge < -0.3 is 11.2 Å². The Kier molecular flexibility index (Phi) is 2.03. The van der Waals surface area contributed by atoms with Gasteiger partial charge >= 0.3 is 0 Å². The number of hydrogen-bond acceptors (Lipinski definition) is 5. The molecule has 0 saturated heterocycles. The second-order valence-corrected chi connectivity index (χ2v) is 2.38. The summed E-state index contributed by atoms with van der Waals surface area (Å²) in [7, 11) is 0. The largest absolute Gasteiger partial charge is 0.381 e. The van der Waals surface area contributed by atoms with Crippen molar-refractivity contribution < 1.29 is 0 Å². The Bertz CT molecular complexity index is 237. The van der Waals surface area contributed by atoms with Crippen LogP contribution in [0.25, 0.3) is 0 Å². The van der Waals surface area contributed by atoms with Crippen LogP contribution in [0, 0.1) is 0 Å². The van der Waals surface area contributed by atoms with Crippen LogP contribution in [-0.2, 0) is 0 Å². The molecule has 54 valence electrons. The summed E-state index contributed by atoms with van der Waals surface area (Å²) in [6, 6.07) is 0. The number of aromatic nitrogens is 2. The zero-order valence-electron chi connectivity index (χ0n) is 5.00. The Morgan fingerprint density at radius 3 is 2.80 bits per heavy atom. The highest BCUT2D eigenvalue weighted by Gasteiger charge is 1.98. The highest BCUT2D eigenvalue weighted by atomic mass is 79.9. The molecule has 0 aliphatic heterocycles. The first-order chi connectivity index (χ1) is 4.74. The molecule has 0 aliphatic rings. The molecule has 1 heterocycles. The van der Waals surface area contributed by atoms with Crippen molar-refractivity contribution in [3.63, 3.8) is 0 Å². The first-order valence-electron chi connectivity index (χ1n) is 2.48. The van der Waals surface area contributed by atoms with E-state index in [2.05, 4.69) is 31.3 Å². The number of nitrogens with zero attached hydrogens (tertiary/aromatic N) is 2. The van der Waals surface area contributed by atoms with Crippen LogP contribution in [0.4, 0.5) is 11.6 Å². The number of rotatable bonds is 1. The lowest BCUT2D eigenvalue weighted by Crippen LogP contribution is -2.11. The van der Waals surface area contributed by atoms with Crippen LogP contribution in [0.3, 0.4) is 0 Å². The molecule has 0 spiro atoms. The smallest absolute Gasteiger partial charge is 0.184 e. The van der Waals surface area contributed by atoms with Gasteiger partial charge in [0.15, 0.2) is 11.6 Å². The van der Waals surface area contributed by atoms with Crippen molar-refractivity contribution in [2.45, 2.75) is 0 Å². The van der Waals surface area contributed by atoms with Gasteiger partial charge in [-0.1, -0.05) is 0 Å². The van der Waals surface area contributed by atoms with E-state index < -0.39 is 0 Å². The summed E-state index contributed by atoms with van der Waals surface area (Å²) in [5.74, 6) is 5.72. The molecule has 1 rings (SSSR count). The number of nitrogen functional groups attached to an aromatic ring is 2. The predicted octanol–water partition coefficient (Wildman–Crippen LogP) is 0.107. The molecule has 0 radical (unpaired) electrons. The molecule has 0 aromatic carbocycles. The number of hydrazine groups is 1. The Morgan fingerprint density at radius 1 is 1.60 bits per heavy atom. The lowest BCUT2D eigenvalue weighted by atomic mass is 10.6.